The van der Waals surface area contributed by atoms with Gasteiger partial charge in [0, 0.05) is 26.7 Å². The van der Waals surface area contributed by atoms with E-state index in [0.29, 0.717) is 48.1 Å². The summed E-state index contributed by atoms with van der Waals surface area (Å²) in [6.45, 7) is 11.3. The highest BCUT2D eigenvalue weighted by molar-refractivity contribution is 5.93. The van der Waals surface area contributed by atoms with Crippen LogP contribution in [0.25, 0.3) is 0 Å². The van der Waals surface area contributed by atoms with Crippen LogP contribution in [-0.4, -0.2) is 71.1 Å². The van der Waals surface area contributed by atoms with E-state index >= 15 is 0 Å². The van der Waals surface area contributed by atoms with Gasteiger partial charge in [0.25, 0.3) is 5.91 Å². The minimum Gasteiger partial charge on any atom is -0.465 e. The molecule has 0 bridgehead atoms. The number of carbonyl (C=O) groups is 2. The zero-order chi connectivity index (χ0) is 30.2. The molecule has 3 aromatic rings. The molecule has 0 radical (unpaired) electrons. The second-order valence-electron chi connectivity index (χ2n) is 11.7. The highest BCUT2D eigenvalue weighted by Gasteiger charge is 2.39. The van der Waals surface area contributed by atoms with Crippen LogP contribution in [0.3, 0.4) is 0 Å². The molecule has 3 heterocycles. The summed E-state index contributed by atoms with van der Waals surface area (Å²) in [5, 5.41) is 3.57. The second-order valence-corrected chi connectivity index (χ2v) is 11.7. The van der Waals surface area contributed by atoms with Gasteiger partial charge in [0.2, 0.25) is 0 Å². The van der Waals surface area contributed by atoms with Gasteiger partial charge in [0.1, 0.15) is 23.3 Å². The first-order valence-electron chi connectivity index (χ1n) is 14.4. The van der Waals surface area contributed by atoms with Gasteiger partial charge in [-0.2, -0.15) is 0 Å². The molecule has 0 spiro atoms. The lowest BCUT2D eigenvalue weighted by Crippen LogP contribution is -2.61. The van der Waals surface area contributed by atoms with E-state index in [-0.39, 0.29) is 18.1 Å². The summed E-state index contributed by atoms with van der Waals surface area (Å²) >= 11 is 0. The van der Waals surface area contributed by atoms with Crippen molar-refractivity contribution >= 4 is 23.5 Å². The number of pyridine rings is 1. The SMILES string of the molecule is COC(=O)c1c(C)cc(N2CCN(C(=O)c3cnc(N[C@H]4CCc5ccccc54)c([C@@H](C)OC)n3)C(C)(C)C2)nc1C. The lowest BCUT2D eigenvalue weighted by molar-refractivity contribution is 0.0504. The van der Waals surface area contributed by atoms with Gasteiger partial charge < -0.3 is 24.6 Å². The molecule has 1 aliphatic carbocycles. The highest BCUT2D eigenvalue weighted by atomic mass is 16.5. The summed E-state index contributed by atoms with van der Waals surface area (Å²) in [5.41, 5.74) is 4.93. The van der Waals surface area contributed by atoms with E-state index in [0.717, 1.165) is 24.2 Å². The van der Waals surface area contributed by atoms with Gasteiger partial charge in [-0.1, -0.05) is 24.3 Å². The smallest absolute Gasteiger partial charge is 0.339 e. The first-order valence-corrected chi connectivity index (χ1v) is 14.4. The molecule has 1 aromatic carbocycles. The van der Waals surface area contributed by atoms with Gasteiger partial charge in [-0.25, -0.2) is 19.7 Å². The third-order valence-corrected chi connectivity index (χ3v) is 8.45. The summed E-state index contributed by atoms with van der Waals surface area (Å²) in [5.74, 6) is 0.852. The van der Waals surface area contributed by atoms with E-state index in [1.807, 2.05) is 45.6 Å². The van der Waals surface area contributed by atoms with Crippen LogP contribution in [-0.2, 0) is 15.9 Å². The van der Waals surface area contributed by atoms with Crippen LogP contribution in [0.4, 0.5) is 11.6 Å². The van der Waals surface area contributed by atoms with Gasteiger partial charge >= 0.3 is 5.97 Å². The van der Waals surface area contributed by atoms with Crippen molar-refractivity contribution in [2.24, 2.45) is 0 Å². The number of amides is 1. The number of aryl methyl sites for hydroxylation is 3. The van der Waals surface area contributed by atoms with Crippen molar-refractivity contribution in [1.82, 2.24) is 19.9 Å². The average molecular weight is 573 g/mol. The van der Waals surface area contributed by atoms with Crippen molar-refractivity contribution < 1.29 is 19.1 Å². The van der Waals surface area contributed by atoms with Gasteiger partial charge in [-0.3, -0.25) is 4.79 Å². The number of nitrogens with one attached hydrogen (secondary N) is 1. The van der Waals surface area contributed by atoms with Crippen LogP contribution in [0.2, 0.25) is 0 Å². The number of carbonyl (C=O) groups excluding carboxylic acids is 2. The number of methoxy groups -OCH3 is 2. The summed E-state index contributed by atoms with van der Waals surface area (Å²) in [6, 6.07) is 10.5. The number of benzene rings is 1. The van der Waals surface area contributed by atoms with Crippen LogP contribution in [0.1, 0.15) is 88.3 Å². The van der Waals surface area contributed by atoms with Crippen LogP contribution in [0, 0.1) is 13.8 Å². The average Bonchev–Trinajstić information content (AvgIpc) is 3.38. The Balaban J connectivity index is 1.36. The van der Waals surface area contributed by atoms with E-state index in [9.17, 15) is 9.59 Å². The summed E-state index contributed by atoms with van der Waals surface area (Å²) < 4.78 is 10.6. The lowest BCUT2D eigenvalue weighted by Gasteiger charge is -2.47. The molecule has 5 rings (SSSR count). The quantitative estimate of drug-likeness (QED) is 0.398. The molecule has 10 heteroatoms. The minimum absolute atomic E-state index is 0.134. The van der Waals surface area contributed by atoms with Crippen molar-refractivity contribution in [2.75, 3.05) is 44.1 Å². The maximum absolute atomic E-state index is 13.9. The first-order chi connectivity index (χ1) is 20.0. The predicted octanol–water partition coefficient (Wildman–Crippen LogP) is 4.82. The van der Waals surface area contributed by atoms with Crippen molar-refractivity contribution in [3.05, 3.63) is 75.9 Å². The Morgan fingerprint density at radius 2 is 1.88 bits per heavy atom. The largest absolute Gasteiger partial charge is 0.465 e. The van der Waals surface area contributed by atoms with Crippen molar-refractivity contribution in [1.29, 1.82) is 0 Å². The maximum Gasteiger partial charge on any atom is 0.339 e. The van der Waals surface area contributed by atoms with Gasteiger partial charge in [0.15, 0.2) is 5.82 Å². The Morgan fingerprint density at radius 1 is 1.12 bits per heavy atom. The number of fused-ring (bicyclic) bond motifs is 1. The predicted molar refractivity (Wildman–Crippen MR) is 161 cm³/mol. The highest BCUT2D eigenvalue weighted by Crippen LogP contribution is 2.35. The molecule has 10 nitrogen and oxygen atoms in total. The maximum atomic E-state index is 13.9. The molecule has 0 unspecified atom stereocenters. The molecule has 222 valence electrons. The Labute approximate surface area is 247 Å². The van der Waals surface area contributed by atoms with Crippen LogP contribution in [0.15, 0.2) is 36.5 Å². The number of hydrogen-bond acceptors (Lipinski definition) is 9. The number of anilines is 2. The molecule has 42 heavy (non-hydrogen) atoms. The van der Waals surface area contributed by atoms with Gasteiger partial charge in [-0.05, 0) is 70.2 Å². The van der Waals surface area contributed by atoms with E-state index < -0.39 is 11.5 Å². The molecule has 1 aliphatic heterocycles. The molecular formula is C32H40N6O4. The molecule has 2 aromatic heterocycles. The normalized spacial score (nSPS) is 18.4. The molecule has 1 saturated heterocycles. The fraction of sp³-hybridized carbons (Fsp3) is 0.469. The summed E-state index contributed by atoms with van der Waals surface area (Å²) in [7, 11) is 3.00. The van der Waals surface area contributed by atoms with E-state index in [2.05, 4.69) is 34.5 Å². The Hall–Kier alpha value is -4.05. The van der Waals surface area contributed by atoms with E-state index in [1.165, 1.54) is 18.2 Å². The second kappa shape index (κ2) is 11.7. The molecule has 1 amide bonds. The van der Waals surface area contributed by atoms with E-state index in [4.69, 9.17) is 24.4 Å². The summed E-state index contributed by atoms with van der Waals surface area (Å²) in [6.07, 6.45) is 3.21. The standard InChI is InChI=1S/C32H40N6O4/c1-19-16-26(34-20(2)27(19)31(40)42-7)37-14-15-38(32(4,5)18-37)30(39)25-17-33-29(28(35-25)21(3)41-6)36-24-13-12-22-10-8-9-11-23(22)24/h8-11,16-17,21,24H,12-15,18H2,1-7H3,(H,33,36)/t21-,24+/m1/s1. The zero-order valence-corrected chi connectivity index (χ0v) is 25.5. The van der Waals surface area contributed by atoms with Gasteiger partial charge in [0.05, 0.1) is 36.1 Å². The third kappa shape index (κ3) is 5.55. The Morgan fingerprint density at radius 3 is 2.57 bits per heavy atom. The van der Waals surface area contributed by atoms with Crippen molar-refractivity contribution in [3.8, 4) is 0 Å². The molecule has 0 saturated carbocycles. The fourth-order valence-corrected chi connectivity index (χ4v) is 6.13. The molecular weight excluding hydrogens is 532 g/mol. The van der Waals surface area contributed by atoms with E-state index in [1.54, 1.807) is 13.3 Å². The van der Waals surface area contributed by atoms with Crippen LogP contribution in [0.5, 0.6) is 0 Å². The Kier molecular flexibility index (Phi) is 8.19. The fourth-order valence-electron chi connectivity index (χ4n) is 6.13. The summed E-state index contributed by atoms with van der Waals surface area (Å²) in [4.78, 5) is 44.3. The number of rotatable bonds is 7. The third-order valence-electron chi connectivity index (χ3n) is 8.45. The monoisotopic (exact) mass is 572 g/mol. The van der Waals surface area contributed by atoms with Crippen LogP contribution >= 0.6 is 0 Å². The number of esters is 1. The zero-order valence-electron chi connectivity index (χ0n) is 25.5. The molecule has 1 N–H and O–H groups in total. The number of aromatic nitrogens is 3. The van der Waals surface area contributed by atoms with Crippen molar-refractivity contribution in [2.45, 2.75) is 65.1 Å². The molecule has 2 atom stereocenters. The number of nitrogens with zero attached hydrogens (tertiary/aromatic N) is 5. The topological polar surface area (TPSA) is 110 Å². The number of hydrogen-bond donors (Lipinski definition) is 1. The van der Waals surface area contributed by atoms with Crippen LogP contribution < -0.4 is 10.2 Å². The van der Waals surface area contributed by atoms with Gasteiger partial charge in [-0.15, -0.1) is 0 Å². The molecule has 2 aliphatic rings. The number of ether oxygens (including phenoxy) is 2. The first kappa shape index (κ1) is 29.4. The molecule has 1 fully saturated rings. The minimum atomic E-state index is -0.515. The lowest BCUT2D eigenvalue weighted by atomic mass is 9.97. The number of piperazine rings is 1. The Bertz CT molecular complexity index is 1480. The van der Waals surface area contributed by atoms with Crippen molar-refractivity contribution in [3.63, 3.8) is 0 Å².